The van der Waals surface area contributed by atoms with E-state index < -0.39 is 0 Å². The number of hydrogen-bond acceptors (Lipinski definition) is 5. The van der Waals surface area contributed by atoms with Crippen LogP contribution in [0.2, 0.25) is 0 Å². The quantitative estimate of drug-likeness (QED) is 0.709. The first-order valence-electron chi connectivity index (χ1n) is 5.48. The minimum atomic E-state index is -0.197. The second kappa shape index (κ2) is 4.99. The number of amides is 1. The van der Waals surface area contributed by atoms with E-state index in [1.165, 1.54) is 19.7 Å². The van der Waals surface area contributed by atoms with E-state index in [0.29, 0.717) is 25.9 Å². The van der Waals surface area contributed by atoms with E-state index in [4.69, 9.17) is 4.42 Å². The molecule has 1 aromatic rings. The Morgan fingerprint density at radius 1 is 1.47 bits per heavy atom. The van der Waals surface area contributed by atoms with Crippen LogP contribution < -0.4 is 0 Å². The van der Waals surface area contributed by atoms with Gasteiger partial charge in [-0.25, -0.2) is 4.98 Å². The molecule has 1 amide bonds. The maximum atomic E-state index is 11.9. The van der Waals surface area contributed by atoms with Crippen LogP contribution in [-0.4, -0.2) is 42.0 Å². The van der Waals surface area contributed by atoms with Gasteiger partial charge in [0.1, 0.15) is 0 Å². The van der Waals surface area contributed by atoms with Gasteiger partial charge in [0.15, 0.2) is 6.39 Å². The first kappa shape index (κ1) is 11.6. The summed E-state index contributed by atoms with van der Waals surface area (Å²) in [6, 6.07) is 0. The third kappa shape index (κ3) is 2.46. The number of hydrogen-bond donors (Lipinski definition) is 0. The Hall–Kier alpha value is -1.85. The molecule has 6 nitrogen and oxygen atoms in total. The zero-order valence-electron chi connectivity index (χ0n) is 9.59. The van der Waals surface area contributed by atoms with Gasteiger partial charge in [-0.05, 0) is 12.8 Å². The molecule has 92 valence electrons. The summed E-state index contributed by atoms with van der Waals surface area (Å²) >= 11 is 0. The van der Waals surface area contributed by atoms with Gasteiger partial charge in [-0.15, -0.1) is 0 Å². The number of methoxy groups -OCH3 is 1. The van der Waals surface area contributed by atoms with Gasteiger partial charge in [-0.1, -0.05) is 0 Å². The average Bonchev–Trinajstić information content (AvgIpc) is 2.91. The summed E-state index contributed by atoms with van der Waals surface area (Å²) in [6.45, 7) is 1.08. The molecular formula is C11H14N2O4. The molecule has 0 spiro atoms. The number of carbonyl (C=O) groups excluding carboxylic acids is 2. The summed E-state index contributed by atoms with van der Waals surface area (Å²) in [7, 11) is 1.38. The normalized spacial score (nSPS) is 16.9. The second-order valence-corrected chi connectivity index (χ2v) is 3.96. The van der Waals surface area contributed by atoms with Crippen molar-refractivity contribution in [2.24, 2.45) is 5.92 Å². The van der Waals surface area contributed by atoms with E-state index >= 15 is 0 Å². The van der Waals surface area contributed by atoms with Gasteiger partial charge in [0.25, 0.3) is 5.91 Å². The topological polar surface area (TPSA) is 72.6 Å². The number of rotatable bonds is 2. The number of piperidine rings is 1. The summed E-state index contributed by atoms with van der Waals surface area (Å²) in [5, 5.41) is 0. The van der Waals surface area contributed by atoms with Crippen LogP contribution in [0.3, 0.4) is 0 Å². The van der Waals surface area contributed by atoms with E-state index in [0.717, 1.165) is 0 Å². The standard InChI is InChI=1S/C11H14N2O4/c1-16-11(15)8-2-4-13(5-3-8)10(14)9-6-12-7-17-9/h6-8H,2-5H2,1H3. The smallest absolute Gasteiger partial charge is 0.308 e. The lowest BCUT2D eigenvalue weighted by Crippen LogP contribution is -2.40. The third-order valence-corrected chi connectivity index (χ3v) is 2.96. The number of ether oxygens (including phenoxy) is 1. The molecule has 17 heavy (non-hydrogen) atoms. The van der Waals surface area contributed by atoms with E-state index in [1.807, 2.05) is 0 Å². The van der Waals surface area contributed by atoms with E-state index in [-0.39, 0.29) is 23.6 Å². The van der Waals surface area contributed by atoms with Crippen molar-refractivity contribution in [3.8, 4) is 0 Å². The Labute approximate surface area is 98.6 Å². The van der Waals surface area contributed by atoms with Crippen molar-refractivity contribution in [1.82, 2.24) is 9.88 Å². The summed E-state index contributed by atoms with van der Waals surface area (Å²) in [6.07, 6.45) is 3.89. The maximum Gasteiger partial charge on any atom is 0.308 e. The molecule has 1 aromatic heterocycles. The van der Waals surface area contributed by atoms with Crippen molar-refractivity contribution < 1.29 is 18.7 Å². The third-order valence-electron chi connectivity index (χ3n) is 2.96. The van der Waals surface area contributed by atoms with Crippen LogP contribution in [0, 0.1) is 5.92 Å². The molecule has 1 aliphatic heterocycles. The predicted octanol–water partition coefficient (Wildman–Crippen LogP) is 0.700. The molecule has 1 fully saturated rings. The first-order valence-corrected chi connectivity index (χ1v) is 5.48. The first-order chi connectivity index (χ1) is 8.22. The Morgan fingerprint density at radius 3 is 2.71 bits per heavy atom. The molecule has 0 atom stereocenters. The monoisotopic (exact) mass is 238 g/mol. The number of oxazole rings is 1. The maximum absolute atomic E-state index is 11.9. The highest BCUT2D eigenvalue weighted by Crippen LogP contribution is 2.19. The van der Waals surface area contributed by atoms with Gasteiger partial charge in [-0.3, -0.25) is 9.59 Å². The van der Waals surface area contributed by atoms with Gasteiger partial charge < -0.3 is 14.1 Å². The van der Waals surface area contributed by atoms with Crippen molar-refractivity contribution in [3.05, 3.63) is 18.4 Å². The highest BCUT2D eigenvalue weighted by molar-refractivity contribution is 5.91. The molecule has 2 rings (SSSR count). The number of esters is 1. The fraction of sp³-hybridized carbons (Fsp3) is 0.545. The minimum Gasteiger partial charge on any atom is -0.469 e. The van der Waals surface area contributed by atoms with Crippen LogP contribution >= 0.6 is 0 Å². The van der Waals surface area contributed by atoms with Crippen molar-refractivity contribution in [3.63, 3.8) is 0 Å². The zero-order chi connectivity index (χ0) is 12.3. The molecule has 0 bridgehead atoms. The molecule has 6 heteroatoms. The van der Waals surface area contributed by atoms with Crippen LogP contribution in [0.15, 0.2) is 17.0 Å². The number of carbonyl (C=O) groups is 2. The van der Waals surface area contributed by atoms with Crippen molar-refractivity contribution in [1.29, 1.82) is 0 Å². The lowest BCUT2D eigenvalue weighted by Gasteiger charge is -2.29. The zero-order valence-corrected chi connectivity index (χ0v) is 9.59. The predicted molar refractivity (Wildman–Crippen MR) is 57.1 cm³/mol. The van der Waals surface area contributed by atoms with Crippen molar-refractivity contribution in [2.45, 2.75) is 12.8 Å². The van der Waals surface area contributed by atoms with Gasteiger partial charge in [0.2, 0.25) is 5.76 Å². The molecule has 0 aliphatic carbocycles. The van der Waals surface area contributed by atoms with Gasteiger partial charge in [0.05, 0.1) is 19.2 Å². The molecule has 1 aliphatic rings. The molecule has 0 aromatic carbocycles. The van der Waals surface area contributed by atoms with Gasteiger partial charge in [-0.2, -0.15) is 0 Å². The second-order valence-electron chi connectivity index (χ2n) is 3.96. The summed E-state index contributed by atoms with van der Waals surface area (Å²) in [5.41, 5.74) is 0. The van der Waals surface area contributed by atoms with Gasteiger partial charge >= 0.3 is 5.97 Å². The van der Waals surface area contributed by atoms with Crippen LogP contribution in [0.5, 0.6) is 0 Å². The molecule has 0 unspecified atom stereocenters. The number of aromatic nitrogens is 1. The van der Waals surface area contributed by atoms with E-state index in [2.05, 4.69) is 9.72 Å². The molecular weight excluding hydrogens is 224 g/mol. The Bertz CT molecular complexity index is 394. The average molecular weight is 238 g/mol. The summed E-state index contributed by atoms with van der Waals surface area (Å²) < 4.78 is 9.64. The lowest BCUT2D eigenvalue weighted by molar-refractivity contribution is -0.146. The van der Waals surface area contributed by atoms with Crippen molar-refractivity contribution >= 4 is 11.9 Å². The van der Waals surface area contributed by atoms with Gasteiger partial charge in [0, 0.05) is 13.1 Å². The molecule has 2 heterocycles. The van der Waals surface area contributed by atoms with Crippen LogP contribution in [0.1, 0.15) is 23.4 Å². The number of likely N-dealkylation sites (tertiary alicyclic amines) is 1. The van der Waals surface area contributed by atoms with Crippen LogP contribution in [-0.2, 0) is 9.53 Å². The van der Waals surface area contributed by atoms with Crippen LogP contribution in [0.25, 0.3) is 0 Å². The summed E-state index contributed by atoms with van der Waals surface area (Å²) in [5.74, 6) is -0.233. The summed E-state index contributed by atoms with van der Waals surface area (Å²) in [4.78, 5) is 28.6. The SMILES string of the molecule is COC(=O)C1CCN(C(=O)c2cnco2)CC1. The number of nitrogens with zero attached hydrogens (tertiary/aromatic N) is 2. The highest BCUT2D eigenvalue weighted by atomic mass is 16.5. The fourth-order valence-electron chi connectivity index (χ4n) is 1.96. The molecule has 1 saturated heterocycles. The highest BCUT2D eigenvalue weighted by Gasteiger charge is 2.29. The largest absolute Gasteiger partial charge is 0.469 e. The lowest BCUT2D eigenvalue weighted by atomic mass is 9.97. The molecule has 0 radical (unpaired) electrons. The fourth-order valence-corrected chi connectivity index (χ4v) is 1.96. The minimum absolute atomic E-state index is 0.0984. The molecule has 0 N–H and O–H groups in total. The Balaban J connectivity index is 1.91. The van der Waals surface area contributed by atoms with E-state index in [1.54, 1.807) is 4.90 Å². The van der Waals surface area contributed by atoms with E-state index in [9.17, 15) is 9.59 Å². The van der Waals surface area contributed by atoms with Crippen molar-refractivity contribution in [2.75, 3.05) is 20.2 Å². The van der Waals surface area contributed by atoms with Crippen LogP contribution in [0.4, 0.5) is 0 Å². The molecule has 0 saturated carbocycles. The Morgan fingerprint density at radius 2 is 2.18 bits per heavy atom. The Kier molecular flexibility index (Phi) is 3.41.